The summed E-state index contributed by atoms with van der Waals surface area (Å²) < 4.78 is 0. The van der Waals surface area contributed by atoms with E-state index < -0.39 is 24.1 Å². The lowest BCUT2D eigenvalue weighted by Crippen LogP contribution is -2.52. The van der Waals surface area contributed by atoms with Crippen LogP contribution in [-0.4, -0.2) is 77.4 Å². The second-order valence-electron chi connectivity index (χ2n) is 5.96. The number of likely N-dealkylation sites (tertiary alicyclic amines) is 1. The minimum Gasteiger partial charge on any atom is -0.480 e. The van der Waals surface area contributed by atoms with Crippen LogP contribution in [0, 0.1) is 5.92 Å². The number of aliphatic hydroxyl groups is 1. The molecule has 3 atom stereocenters. The molecule has 3 unspecified atom stereocenters. The number of nitrogens with one attached hydrogen (secondary N) is 1. The molecule has 7 heteroatoms. The summed E-state index contributed by atoms with van der Waals surface area (Å²) in [6.45, 7) is 4.75. The highest BCUT2D eigenvalue weighted by Crippen LogP contribution is 2.18. The van der Waals surface area contributed by atoms with Crippen LogP contribution in [0.15, 0.2) is 0 Å². The predicted octanol–water partition coefficient (Wildman–Crippen LogP) is -0.198. The van der Waals surface area contributed by atoms with Crippen molar-refractivity contribution >= 4 is 12.0 Å². The molecule has 3 N–H and O–H groups in total. The molecule has 0 aromatic heterocycles. The fourth-order valence-corrected chi connectivity index (χ4v) is 2.33. The summed E-state index contributed by atoms with van der Waals surface area (Å²) in [6, 6.07) is -1.43. The van der Waals surface area contributed by atoms with Gasteiger partial charge in [0, 0.05) is 25.6 Å². The topological polar surface area (TPSA) is 93.1 Å². The third-order valence-electron chi connectivity index (χ3n) is 3.50. The van der Waals surface area contributed by atoms with Gasteiger partial charge in [0.25, 0.3) is 0 Å². The van der Waals surface area contributed by atoms with Crippen molar-refractivity contribution in [2.75, 3.05) is 27.2 Å². The zero-order chi connectivity index (χ0) is 15.4. The number of hydrogen-bond acceptors (Lipinski definition) is 4. The molecular weight excluding hydrogens is 262 g/mol. The summed E-state index contributed by atoms with van der Waals surface area (Å²) in [5.74, 6) is -0.845. The van der Waals surface area contributed by atoms with E-state index in [-0.39, 0.29) is 24.9 Å². The van der Waals surface area contributed by atoms with Crippen LogP contribution in [0.2, 0.25) is 0 Å². The summed E-state index contributed by atoms with van der Waals surface area (Å²) in [5.41, 5.74) is 0. The number of carboxylic acid groups (broad SMARTS) is 1. The summed E-state index contributed by atoms with van der Waals surface area (Å²) in [7, 11) is 3.84. The second-order valence-corrected chi connectivity index (χ2v) is 5.96. The summed E-state index contributed by atoms with van der Waals surface area (Å²) in [6.07, 6.45) is -0.684. The number of carboxylic acids is 1. The van der Waals surface area contributed by atoms with Crippen LogP contribution in [0.25, 0.3) is 0 Å². The van der Waals surface area contributed by atoms with E-state index in [1.54, 1.807) is 0 Å². The number of nitrogens with zero attached hydrogens (tertiary/aromatic N) is 2. The second kappa shape index (κ2) is 6.90. The molecule has 0 radical (unpaired) electrons. The minimum absolute atomic E-state index is 0.0651. The van der Waals surface area contributed by atoms with E-state index in [1.807, 2.05) is 32.8 Å². The van der Waals surface area contributed by atoms with Gasteiger partial charge in [0.15, 0.2) is 0 Å². The van der Waals surface area contributed by atoms with Gasteiger partial charge in [-0.05, 0) is 20.0 Å². The first-order valence-corrected chi connectivity index (χ1v) is 6.85. The molecular formula is C13H25N3O4. The summed E-state index contributed by atoms with van der Waals surface area (Å²) >= 11 is 0. The van der Waals surface area contributed by atoms with Crippen molar-refractivity contribution < 1.29 is 19.8 Å². The highest BCUT2D eigenvalue weighted by Gasteiger charge is 2.39. The van der Waals surface area contributed by atoms with Gasteiger partial charge in [0.2, 0.25) is 0 Å². The van der Waals surface area contributed by atoms with Gasteiger partial charge < -0.3 is 25.3 Å². The fourth-order valence-electron chi connectivity index (χ4n) is 2.33. The number of hydrogen-bond donors (Lipinski definition) is 3. The predicted molar refractivity (Wildman–Crippen MR) is 74.5 cm³/mol. The van der Waals surface area contributed by atoms with Gasteiger partial charge in [-0.1, -0.05) is 13.8 Å². The fraction of sp³-hybridized carbons (Fsp3) is 0.846. The molecule has 0 saturated carbocycles. The molecule has 0 spiro atoms. The number of amides is 2. The molecule has 0 bridgehead atoms. The number of carbonyl (C=O) groups is 2. The molecule has 0 aliphatic carbocycles. The normalized spacial score (nSPS) is 24.2. The Labute approximate surface area is 119 Å². The minimum atomic E-state index is -1.08. The van der Waals surface area contributed by atoms with Crippen molar-refractivity contribution in [3.63, 3.8) is 0 Å². The molecule has 116 valence electrons. The van der Waals surface area contributed by atoms with Crippen molar-refractivity contribution in [3.05, 3.63) is 0 Å². The molecule has 1 aliphatic rings. The van der Waals surface area contributed by atoms with E-state index in [2.05, 4.69) is 5.32 Å². The molecule has 7 nitrogen and oxygen atoms in total. The Kier molecular flexibility index (Phi) is 5.76. The lowest BCUT2D eigenvalue weighted by molar-refractivity contribution is -0.141. The van der Waals surface area contributed by atoms with Crippen LogP contribution >= 0.6 is 0 Å². The molecule has 1 rings (SSSR count). The van der Waals surface area contributed by atoms with E-state index >= 15 is 0 Å². The van der Waals surface area contributed by atoms with Crippen molar-refractivity contribution in [2.24, 2.45) is 5.92 Å². The van der Waals surface area contributed by atoms with E-state index in [4.69, 9.17) is 5.11 Å². The molecule has 0 aromatic carbocycles. The maximum absolute atomic E-state index is 12.2. The van der Waals surface area contributed by atoms with E-state index in [0.717, 1.165) is 0 Å². The number of urea groups is 1. The standard InChI is InChI=1S/C13H25N3O4/c1-8(2)10(7-15(3)4)14-13(20)16-6-9(17)5-11(16)12(18)19/h8-11,17H,5-7H2,1-4H3,(H,14,20)(H,18,19). The van der Waals surface area contributed by atoms with Crippen LogP contribution in [0.3, 0.4) is 0 Å². The molecule has 1 saturated heterocycles. The number of aliphatic hydroxyl groups excluding tert-OH is 1. The third-order valence-corrected chi connectivity index (χ3v) is 3.50. The highest BCUT2D eigenvalue weighted by atomic mass is 16.4. The number of aliphatic carboxylic acids is 1. The Morgan fingerprint density at radius 3 is 2.45 bits per heavy atom. The van der Waals surface area contributed by atoms with Gasteiger partial charge in [-0.25, -0.2) is 9.59 Å². The van der Waals surface area contributed by atoms with Gasteiger partial charge in [0.05, 0.1) is 6.10 Å². The van der Waals surface area contributed by atoms with Gasteiger partial charge in [-0.2, -0.15) is 0 Å². The van der Waals surface area contributed by atoms with Gasteiger partial charge in [-0.15, -0.1) is 0 Å². The summed E-state index contributed by atoms with van der Waals surface area (Å²) in [4.78, 5) is 26.5. The molecule has 20 heavy (non-hydrogen) atoms. The maximum Gasteiger partial charge on any atom is 0.326 e. The lowest BCUT2D eigenvalue weighted by Gasteiger charge is -2.29. The zero-order valence-corrected chi connectivity index (χ0v) is 12.5. The molecule has 1 heterocycles. The highest BCUT2D eigenvalue weighted by molar-refractivity contribution is 5.83. The number of likely N-dealkylation sites (N-methyl/N-ethyl adjacent to an activating group) is 1. The number of β-amino-alcohol motifs (C(OH)–C–C–N with tert-alkyl or cyclic N) is 1. The third kappa shape index (κ3) is 4.35. The molecule has 0 aromatic rings. The molecule has 2 amide bonds. The first kappa shape index (κ1) is 16.7. The van der Waals surface area contributed by atoms with Crippen molar-refractivity contribution in [1.82, 2.24) is 15.1 Å². The lowest BCUT2D eigenvalue weighted by atomic mass is 10.0. The van der Waals surface area contributed by atoms with Gasteiger partial charge in [0.1, 0.15) is 6.04 Å². The number of rotatable bonds is 5. The quantitative estimate of drug-likeness (QED) is 0.651. The van der Waals surface area contributed by atoms with E-state index in [0.29, 0.717) is 6.54 Å². The Hall–Kier alpha value is -1.34. The monoisotopic (exact) mass is 287 g/mol. The average Bonchev–Trinajstić information content (AvgIpc) is 2.69. The Balaban J connectivity index is 2.70. The Morgan fingerprint density at radius 2 is 2.00 bits per heavy atom. The summed E-state index contributed by atoms with van der Waals surface area (Å²) in [5, 5.41) is 21.5. The Morgan fingerprint density at radius 1 is 1.40 bits per heavy atom. The van der Waals surface area contributed by atoms with Crippen LogP contribution in [0.5, 0.6) is 0 Å². The van der Waals surface area contributed by atoms with Gasteiger partial charge >= 0.3 is 12.0 Å². The Bertz CT molecular complexity index is 360. The van der Waals surface area contributed by atoms with Gasteiger partial charge in [-0.3, -0.25) is 0 Å². The van der Waals surface area contributed by atoms with Crippen LogP contribution < -0.4 is 5.32 Å². The first-order chi connectivity index (χ1) is 9.22. The van der Waals surface area contributed by atoms with Crippen LogP contribution in [-0.2, 0) is 4.79 Å². The first-order valence-electron chi connectivity index (χ1n) is 6.85. The number of carbonyl (C=O) groups excluding carboxylic acids is 1. The van der Waals surface area contributed by atoms with Crippen molar-refractivity contribution in [1.29, 1.82) is 0 Å². The average molecular weight is 287 g/mol. The van der Waals surface area contributed by atoms with Crippen molar-refractivity contribution in [3.8, 4) is 0 Å². The molecule has 1 aliphatic heterocycles. The van der Waals surface area contributed by atoms with Crippen LogP contribution in [0.4, 0.5) is 4.79 Å². The van der Waals surface area contributed by atoms with E-state index in [9.17, 15) is 14.7 Å². The van der Waals surface area contributed by atoms with Crippen molar-refractivity contribution in [2.45, 2.75) is 38.5 Å². The zero-order valence-electron chi connectivity index (χ0n) is 12.5. The smallest absolute Gasteiger partial charge is 0.326 e. The van der Waals surface area contributed by atoms with E-state index in [1.165, 1.54) is 4.90 Å². The largest absolute Gasteiger partial charge is 0.480 e. The maximum atomic E-state index is 12.2. The SMILES string of the molecule is CC(C)C(CN(C)C)NC(=O)N1CC(O)CC1C(=O)O. The van der Waals surface area contributed by atoms with Crippen LogP contribution in [0.1, 0.15) is 20.3 Å². The molecule has 1 fully saturated rings.